The lowest BCUT2D eigenvalue weighted by Gasteiger charge is -2.22. The van der Waals surface area contributed by atoms with E-state index in [0.717, 1.165) is 30.3 Å². The molecule has 1 saturated heterocycles. The predicted octanol–water partition coefficient (Wildman–Crippen LogP) is 3.32. The average Bonchev–Trinajstić information content (AvgIpc) is 2.74. The molecule has 2 aromatic carbocycles. The molecule has 2 N–H and O–H groups in total. The van der Waals surface area contributed by atoms with E-state index in [1.807, 2.05) is 0 Å². The smallest absolute Gasteiger partial charge is 0.342 e. The molecule has 0 aromatic heterocycles. The molecular weight excluding hydrogens is 452 g/mol. The van der Waals surface area contributed by atoms with E-state index >= 15 is 0 Å². The number of phenols is 2. The number of rotatable bonds is 5. The maximum atomic E-state index is 11.8. The molecule has 32 heavy (non-hydrogen) atoms. The molecule has 0 aliphatic carbocycles. The van der Waals surface area contributed by atoms with Gasteiger partial charge < -0.3 is 19.7 Å². The van der Waals surface area contributed by atoms with E-state index in [-0.39, 0.29) is 28.6 Å². The minimum absolute atomic E-state index is 0.0721. The highest BCUT2D eigenvalue weighted by Gasteiger charge is 2.22. The van der Waals surface area contributed by atoms with Gasteiger partial charge in [-0.3, -0.25) is 25.0 Å². The number of halogens is 1. The summed E-state index contributed by atoms with van der Waals surface area (Å²) in [6.07, 6.45) is 0.981. The van der Waals surface area contributed by atoms with Crippen LogP contribution >= 0.6 is 11.6 Å². The van der Waals surface area contributed by atoms with Crippen LogP contribution in [0.3, 0.4) is 0 Å². The molecule has 0 radical (unpaired) electrons. The Labute approximate surface area is 185 Å². The van der Waals surface area contributed by atoms with Crippen molar-refractivity contribution in [3.8, 4) is 11.5 Å². The van der Waals surface area contributed by atoms with Crippen molar-refractivity contribution < 1.29 is 39.1 Å². The van der Waals surface area contributed by atoms with Crippen molar-refractivity contribution >= 4 is 34.2 Å². The van der Waals surface area contributed by atoms with Gasteiger partial charge in [-0.05, 0) is 23.7 Å². The first-order valence-corrected chi connectivity index (χ1v) is 9.41. The Kier molecular flexibility index (Phi) is 8.44. The molecule has 170 valence electrons. The van der Waals surface area contributed by atoms with Gasteiger partial charge in [-0.2, -0.15) is 0 Å². The zero-order valence-electron chi connectivity index (χ0n) is 16.3. The van der Waals surface area contributed by atoms with Crippen molar-refractivity contribution in [1.29, 1.82) is 0 Å². The van der Waals surface area contributed by atoms with Gasteiger partial charge in [0, 0.05) is 25.0 Å². The maximum absolute atomic E-state index is 11.8. The number of benzene rings is 2. The third kappa shape index (κ3) is 6.62. The Bertz CT molecular complexity index is 1040. The summed E-state index contributed by atoms with van der Waals surface area (Å²) in [7, 11) is 0. The van der Waals surface area contributed by atoms with Gasteiger partial charge in [0.2, 0.25) is 0 Å². The lowest BCUT2D eigenvalue weighted by atomic mass is 10.1. The molecule has 0 amide bonds. The number of nitro benzene ring substituents is 2. The second-order valence-corrected chi connectivity index (χ2v) is 6.75. The van der Waals surface area contributed by atoms with Crippen LogP contribution in [0.5, 0.6) is 11.5 Å². The number of esters is 1. The van der Waals surface area contributed by atoms with E-state index < -0.39 is 32.6 Å². The minimum atomic E-state index is -0.854. The molecule has 1 fully saturated rings. The lowest BCUT2D eigenvalue weighted by molar-refractivity contribution is -0.385. The van der Waals surface area contributed by atoms with Crippen molar-refractivity contribution in [2.24, 2.45) is 0 Å². The topological polar surface area (TPSA) is 179 Å². The quantitative estimate of drug-likeness (QED) is 0.286. The molecule has 1 heterocycles. The molecule has 12 nitrogen and oxygen atoms in total. The van der Waals surface area contributed by atoms with Crippen LogP contribution in [0, 0.1) is 20.2 Å². The van der Waals surface area contributed by atoms with Crippen LogP contribution in [0.2, 0.25) is 0 Å². The number of aromatic hydroxyl groups is 2. The van der Waals surface area contributed by atoms with E-state index in [1.54, 1.807) is 0 Å². The van der Waals surface area contributed by atoms with Crippen molar-refractivity contribution in [2.75, 3.05) is 13.2 Å². The van der Waals surface area contributed by atoms with E-state index in [9.17, 15) is 34.9 Å². The van der Waals surface area contributed by atoms with E-state index in [1.165, 1.54) is 6.07 Å². The van der Waals surface area contributed by atoms with Crippen molar-refractivity contribution in [3.05, 3.63) is 67.8 Å². The number of hydrogen-bond donors (Lipinski definition) is 2. The number of non-ortho nitro benzene ring substituents is 2. The summed E-state index contributed by atoms with van der Waals surface area (Å²) in [6, 6.07) is 6.34. The summed E-state index contributed by atoms with van der Waals surface area (Å²) < 4.78 is 10.3. The Morgan fingerprint density at radius 3 is 1.81 bits per heavy atom. The fourth-order valence-electron chi connectivity index (χ4n) is 2.61. The van der Waals surface area contributed by atoms with Gasteiger partial charge in [0.1, 0.15) is 23.2 Å². The van der Waals surface area contributed by atoms with Crippen LogP contribution in [0.25, 0.3) is 0 Å². The fourth-order valence-corrected chi connectivity index (χ4v) is 2.77. The van der Waals surface area contributed by atoms with Crippen molar-refractivity contribution in [1.82, 2.24) is 0 Å². The van der Waals surface area contributed by atoms with Gasteiger partial charge in [-0.1, -0.05) is 0 Å². The first-order chi connectivity index (χ1) is 15.1. The second kappa shape index (κ2) is 11.0. The molecule has 2 aromatic rings. The number of hydrogen-bond acceptors (Lipinski definition) is 10. The molecule has 3 rings (SSSR count). The third-order valence-corrected chi connectivity index (χ3v) is 4.46. The molecule has 0 spiro atoms. The molecule has 1 aliphatic rings. The highest BCUT2D eigenvalue weighted by molar-refractivity contribution is 6.68. The molecule has 0 unspecified atom stereocenters. The van der Waals surface area contributed by atoms with E-state index in [4.69, 9.17) is 26.2 Å². The molecule has 1 aliphatic heterocycles. The highest BCUT2D eigenvalue weighted by Crippen LogP contribution is 2.26. The van der Waals surface area contributed by atoms with Crippen LogP contribution in [-0.2, 0) is 9.47 Å². The summed E-state index contributed by atoms with van der Waals surface area (Å²) in [5.74, 6) is -1.63. The fraction of sp³-hybridized carbons (Fsp3) is 0.263. The molecular formula is C19H17ClN2O10. The number of nitro groups is 2. The molecule has 0 atom stereocenters. The average molecular weight is 469 g/mol. The van der Waals surface area contributed by atoms with Gasteiger partial charge >= 0.3 is 5.97 Å². The number of nitrogens with zero attached hydrogens (tertiary/aromatic N) is 2. The van der Waals surface area contributed by atoms with Crippen molar-refractivity contribution in [2.45, 2.75) is 18.9 Å². The van der Waals surface area contributed by atoms with Crippen LogP contribution in [-0.4, -0.2) is 50.6 Å². The number of phenolic OH excluding ortho intramolecular Hbond substituents is 2. The first-order valence-electron chi connectivity index (χ1n) is 9.03. The first kappa shape index (κ1) is 24.5. The summed E-state index contributed by atoms with van der Waals surface area (Å²) in [6.45, 7) is 1.06. The molecule has 0 bridgehead atoms. The maximum Gasteiger partial charge on any atom is 0.342 e. The second-order valence-electron chi connectivity index (χ2n) is 6.41. The molecule has 0 saturated carbocycles. The van der Waals surface area contributed by atoms with Gasteiger partial charge in [0.25, 0.3) is 16.6 Å². The monoisotopic (exact) mass is 468 g/mol. The summed E-state index contributed by atoms with van der Waals surface area (Å²) in [4.78, 5) is 41.8. The normalized spacial score (nSPS) is 13.4. The largest absolute Gasteiger partial charge is 0.507 e. The Morgan fingerprint density at radius 2 is 1.41 bits per heavy atom. The number of carbonyl (C=O) groups excluding carboxylic acids is 2. The number of ether oxygens (including phenoxy) is 2. The number of carbonyl (C=O) groups is 2. The predicted molar refractivity (Wildman–Crippen MR) is 109 cm³/mol. The SMILES string of the molecule is O=C(Cl)c1ccc([N+](=O)[O-])cc1O.O=C(OC1CCOCC1)c1ccc([N+](=O)[O-])cc1O. The Morgan fingerprint density at radius 1 is 0.938 bits per heavy atom. The van der Waals surface area contributed by atoms with E-state index in [2.05, 4.69) is 0 Å². The van der Waals surface area contributed by atoms with E-state index in [0.29, 0.717) is 26.1 Å². The van der Waals surface area contributed by atoms with Crippen LogP contribution in [0.15, 0.2) is 36.4 Å². The zero-order chi connectivity index (χ0) is 23.8. The van der Waals surface area contributed by atoms with Crippen LogP contribution in [0.1, 0.15) is 33.6 Å². The standard InChI is InChI=1S/C12H13NO6.C7H4ClNO4/c14-11-7-8(13(16)17)1-2-10(11)12(15)19-9-3-5-18-6-4-9;8-7(11)5-2-1-4(9(12)13)3-6(5)10/h1-2,7,9,14H,3-6H2;1-3,10H. The van der Waals surface area contributed by atoms with Gasteiger partial charge in [0.15, 0.2) is 0 Å². The minimum Gasteiger partial charge on any atom is -0.507 e. The van der Waals surface area contributed by atoms with Gasteiger partial charge in [0.05, 0.1) is 40.8 Å². The van der Waals surface area contributed by atoms with Gasteiger partial charge in [-0.15, -0.1) is 0 Å². The van der Waals surface area contributed by atoms with Crippen LogP contribution < -0.4 is 0 Å². The van der Waals surface area contributed by atoms with Gasteiger partial charge in [-0.25, -0.2) is 4.79 Å². The Balaban J connectivity index is 0.000000244. The molecule has 13 heteroatoms. The summed E-state index contributed by atoms with van der Waals surface area (Å²) in [5, 5.41) is 38.6. The highest BCUT2D eigenvalue weighted by atomic mass is 35.5. The third-order valence-electron chi connectivity index (χ3n) is 4.26. The van der Waals surface area contributed by atoms with Crippen molar-refractivity contribution in [3.63, 3.8) is 0 Å². The summed E-state index contributed by atoms with van der Waals surface area (Å²) in [5.41, 5.74) is -0.788. The Hall–Kier alpha value is -3.77. The van der Waals surface area contributed by atoms with Crippen LogP contribution in [0.4, 0.5) is 11.4 Å². The zero-order valence-corrected chi connectivity index (χ0v) is 17.1. The summed E-state index contributed by atoms with van der Waals surface area (Å²) >= 11 is 5.07. The lowest BCUT2D eigenvalue weighted by Crippen LogP contribution is -2.26.